The normalized spacial score (nSPS) is 17.4. The predicted molar refractivity (Wildman–Crippen MR) is 75.2 cm³/mol. The Hall–Kier alpha value is 0.270. The van der Waals surface area contributed by atoms with Crippen LogP contribution in [0, 0.1) is 5.92 Å². The highest BCUT2D eigenvalue weighted by Crippen LogP contribution is 2.16. The third-order valence-electron chi connectivity index (χ3n) is 2.86. The molecule has 2 unspecified atom stereocenters. The fraction of sp³-hybridized carbons (Fsp3) is 1.00. The molecule has 0 fully saturated rings. The third-order valence-corrected chi connectivity index (χ3v) is 4.50. The molecule has 2 N–H and O–H groups in total. The molecule has 0 aliphatic rings. The first-order valence-electron chi connectivity index (χ1n) is 6.40. The summed E-state index contributed by atoms with van der Waals surface area (Å²) in [5.74, 6) is 3.15. The van der Waals surface area contributed by atoms with Crippen LogP contribution in [0.5, 0.6) is 0 Å². The molecule has 2 atom stereocenters. The van der Waals surface area contributed by atoms with Crippen molar-refractivity contribution < 1.29 is 5.11 Å². The number of thioether (sulfide) groups is 1. The molecule has 0 saturated carbocycles. The predicted octanol–water partition coefficient (Wildman–Crippen LogP) is 2.90. The standard InChI is InChI=1S/C13H29NOS/c1-6-13(5,7-8-15)14-12(4)10-16-9-11(2)3/h11-12,14-15H,6-10H2,1-5H3. The van der Waals surface area contributed by atoms with Crippen molar-refractivity contribution in [2.24, 2.45) is 5.92 Å². The summed E-state index contributed by atoms with van der Waals surface area (Å²) in [7, 11) is 0. The van der Waals surface area contributed by atoms with E-state index in [0.29, 0.717) is 6.04 Å². The van der Waals surface area contributed by atoms with Crippen LogP contribution in [0.25, 0.3) is 0 Å². The Kier molecular flexibility index (Phi) is 8.52. The van der Waals surface area contributed by atoms with Crippen LogP contribution in [0.3, 0.4) is 0 Å². The summed E-state index contributed by atoms with van der Waals surface area (Å²) >= 11 is 2.01. The lowest BCUT2D eigenvalue weighted by Gasteiger charge is -2.32. The van der Waals surface area contributed by atoms with Gasteiger partial charge in [0.2, 0.25) is 0 Å². The van der Waals surface area contributed by atoms with Crippen LogP contribution in [0.1, 0.15) is 47.5 Å². The van der Waals surface area contributed by atoms with E-state index in [-0.39, 0.29) is 12.1 Å². The van der Waals surface area contributed by atoms with Crippen molar-refractivity contribution in [3.8, 4) is 0 Å². The van der Waals surface area contributed by atoms with Gasteiger partial charge in [0.05, 0.1) is 0 Å². The molecule has 3 heteroatoms. The topological polar surface area (TPSA) is 32.3 Å². The summed E-state index contributed by atoms with van der Waals surface area (Å²) in [6.45, 7) is 11.4. The fourth-order valence-electron chi connectivity index (χ4n) is 1.71. The summed E-state index contributed by atoms with van der Waals surface area (Å²) in [4.78, 5) is 0. The molecule has 16 heavy (non-hydrogen) atoms. The van der Waals surface area contributed by atoms with E-state index in [2.05, 4.69) is 39.9 Å². The Morgan fingerprint density at radius 3 is 2.31 bits per heavy atom. The molecule has 0 bridgehead atoms. The van der Waals surface area contributed by atoms with Crippen LogP contribution in [-0.2, 0) is 0 Å². The highest BCUT2D eigenvalue weighted by Gasteiger charge is 2.22. The zero-order valence-electron chi connectivity index (χ0n) is 11.5. The minimum Gasteiger partial charge on any atom is -0.396 e. The number of aliphatic hydroxyl groups is 1. The average molecular weight is 247 g/mol. The first-order chi connectivity index (χ1) is 7.43. The van der Waals surface area contributed by atoms with Crippen LogP contribution < -0.4 is 5.32 Å². The molecule has 0 aromatic rings. The average Bonchev–Trinajstić information content (AvgIpc) is 2.17. The fourth-order valence-corrected chi connectivity index (χ4v) is 2.76. The highest BCUT2D eigenvalue weighted by molar-refractivity contribution is 7.99. The Morgan fingerprint density at radius 1 is 1.25 bits per heavy atom. The Labute approximate surface area is 106 Å². The van der Waals surface area contributed by atoms with E-state index in [1.54, 1.807) is 0 Å². The third kappa shape index (κ3) is 7.53. The van der Waals surface area contributed by atoms with Crippen molar-refractivity contribution >= 4 is 11.8 Å². The number of hydrogen-bond acceptors (Lipinski definition) is 3. The van der Waals surface area contributed by atoms with Gasteiger partial charge in [0.15, 0.2) is 0 Å². The Balaban J connectivity index is 3.86. The second-order valence-electron chi connectivity index (χ2n) is 5.36. The van der Waals surface area contributed by atoms with E-state index in [1.807, 2.05) is 11.8 Å². The molecule has 0 rings (SSSR count). The van der Waals surface area contributed by atoms with Crippen LogP contribution >= 0.6 is 11.8 Å². The monoisotopic (exact) mass is 247 g/mol. The summed E-state index contributed by atoms with van der Waals surface area (Å²) in [6, 6.07) is 0.514. The molecule has 0 spiro atoms. The molecular weight excluding hydrogens is 218 g/mol. The maximum absolute atomic E-state index is 9.05. The van der Waals surface area contributed by atoms with E-state index < -0.39 is 0 Å². The number of rotatable bonds is 9. The van der Waals surface area contributed by atoms with Gasteiger partial charge in [0, 0.05) is 23.9 Å². The van der Waals surface area contributed by atoms with Gasteiger partial charge in [-0.1, -0.05) is 20.8 Å². The van der Waals surface area contributed by atoms with Gasteiger partial charge in [-0.15, -0.1) is 0 Å². The molecule has 2 nitrogen and oxygen atoms in total. The van der Waals surface area contributed by atoms with Crippen LogP contribution in [-0.4, -0.2) is 34.8 Å². The van der Waals surface area contributed by atoms with Crippen molar-refractivity contribution in [1.82, 2.24) is 5.32 Å². The van der Waals surface area contributed by atoms with Crippen LogP contribution in [0.4, 0.5) is 0 Å². The lowest BCUT2D eigenvalue weighted by Crippen LogP contribution is -2.48. The maximum Gasteiger partial charge on any atom is 0.0448 e. The lowest BCUT2D eigenvalue weighted by atomic mass is 9.94. The van der Waals surface area contributed by atoms with Gasteiger partial charge in [-0.3, -0.25) is 0 Å². The van der Waals surface area contributed by atoms with Crippen molar-refractivity contribution in [3.05, 3.63) is 0 Å². The molecule has 0 heterocycles. The second-order valence-corrected chi connectivity index (χ2v) is 6.44. The van der Waals surface area contributed by atoms with Crippen LogP contribution in [0.15, 0.2) is 0 Å². The molecular formula is C13H29NOS. The molecule has 0 aliphatic heterocycles. The summed E-state index contributed by atoms with van der Waals surface area (Å²) in [6.07, 6.45) is 1.90. The van der Waals surface area contributed by atoms with E-state index >= 15 is 0 Å². The van der Waals surface area contributed by atoms with Gasteiger partial charge in [0.25, 0.3) is 0 Å². The largest absolute Gasteiger partial charge is 0.396 e. The van der Waals surface area contributed by atoms with Crippen molar-refractivity contribution in [1.29, 1.82) is 0 Å². The molecule has 0 aromatic carbocycles. The van der Waals surface area contributed by atoms with Crippen molar-refractivity contribution in [2.75, 3.05) is 18.1 Å². The SMILES string of the molecule is CCC(C)(CCO)NC(C)CSCC(C)C. The van der Waals surface area contributed by atoms with Gasteiger partial charge in [0.1, 0.15) is 0 Å². The minimum atomic E-state index is 0.0898. The summed E-state index contributed by atoms with van der Waals surface area (Å²) < 4.78 is 0. The lowest BCUT2D eigenvalue weighted by molar-refractivity contribution is 0.208. The van der Waals surface area contributed by atoms with Crippen molar-refractivity contribution in [3.63, 3.8) is 0 Å². The van der Waals surface area contributed by atoms with E-state index in [4.69, 9.17) is 5.11 Å². The highest BCUT2D eigenvalue weighted by atomic mass is 32.2. The van der Waals surface area contributed by atoms with Gasteiger partial charge < -0.3 is 10.4 Å². The number of hydrogen-bond donors (Lipinski definition) is 2. The Morgan fingerprint density at radius 2 is 1.88 bits per heavy atom. The number of nitrogens with one attached hydrogen (secondary N) is 1. The summed E-state index contributed by atoms with van der Waals surface area (Å²) in [5.41, 5.74) is 0.0898. The molecule has 0 radical (unpaired) electrons. The smallest absolute Gasteiger partial charge is 0.0448 e. The zero-order chi connectivity index (χ0) is 12.6. The van der Waals surface area contributed by atoms with Gasteiger partial charge in [-0.05, 0) is 38.4 Å². The summed E-state index contributed by atoms with van der Waals surface area (Å²) in [5, 5.41) is 12.7. The molecule has 0 aromatic heterocycles. The molecule has 0 aliphatic carbocycles. The molecule has 0 amide bonds. The minimum absolute atomic E-state index is 0.0898. The zero-order valence-corrected chi connectivity index (χ0v) is 12.4. The Bertz CT molecular complexity index is 175. The first-order valence-corrected chi connectivity index (χ1v) is 7.55. The maximum atomic E-state index is 9.05. The van der Waals surface area contributed by atoms with Crippen molar-refractivity contribution in [2.45, 2.75) is 59.0 Å². The van der Waals surface area contributed by atoms with E-state index in [9.17, 15) is 0 Å². The quantitative estimate of drug-likeness (QED) is 0.657. The molecule has 98 valence electrons. The van der Waals surface area contributed by atoms with Gasteiger partial charge >= 0.3 is 0 Å². The second kappa shape index (κ2) is 8.37. The first kappa shape index (κ1) is 16.3. The van der Waals surface area contributed by atoms with Gasteiger partial charge in [-0.2, -0.15) is 11.8 Å². The van der Waals surface area contributed by atoms with E-state index in [1.165, 1.54) is 5.75 Å². The van der Waals surface area contributed by atoms with Crippen LogP contribution in [0.2, 0.25) is 0 Å². The van der Waals surface area contributed by atoms with Gasteiger partial charge in [-0.25, -0.2) is 0 Å². The number of aliphatic hydroxyl groups excluding tert-OH is 1. The molecule has 0 saturated heterocycles. The van der Waals surface area contributed by atoms with E-state index in [0.717, 1.165) is 24.5 Å².